The summed E-state index contributed by atoms with van der Waals surface area (Å²) in [5.74, 6) is 0.186. The predicted octanol–water partition coefficient (Wildman–Crippen LogP) is 8.08. The summed E-state index contributed by atoms with van der Waals surface area (Å²) in [6.45, 7) is 8.62. The lowest BCUT2D eigenvalue weighted by atomic mass is 10.0. The number of hydrogen-bond donors (Lipinski definition) is 2. The van der Waals surface area contributed by atoms with Crippen LogP contribution in [0, 0.1) is 0 Å². The third-order valence-corrected chi connectivity index (χ3v) is 7.97. The molecule has 2 N–H and O–H groups in total. The monoisotopic (exact) mass is 567 g/mol. The lowest BCUT2D eigenvalue weighted by Crippen LogP contribution is -2.16. The maximum atomic E-state index is 12.8. The number of carbonyl (C=O) groups is 2. The lowest BCUT2D eigenvalue weighted by Gasteiger charge is -2.06. The highest BCUT2D eigenvalue weighted by molar-refractivity contribution is 7.14. The van der Waals surface area contributed by atoms with Gasteiger partial charge in [0.1, 0.15) is 5.69 Å². The van der Waals surface area contributed by atoms with Crippen molar-refractivity contribution < 1.29 is 9.59 Å². The van der Waals surface area contributed by atoms with Gasteiger partial charge in [-0.25, -0.2) is 9.97 Å². The van der Waals surface area contributed by atoms with Gasteiger partial charge in [0.05, 0.1) is 17.0 Å². The molecular formula is C31H29N5O2S2. The Morgan fingerprint density at radius 2 is 1.12 bits per heavy atom. The van der Waals surface area contributed by atoms with Crippen molar-refractivity contribution in [2.75, 3.05) is 10.6 Å². The van der Waals surface area contributed by atoms with Crippen LogP contribution in [0.1, 0.15) is 71.5 Å². The molecule has 0 saturated carbocycles. The van der Waals surface area contributed by atoms with Gasteiger partial charge in [0.25, 0.3) is 11.8 Å². The molecule has 3 aromatic heterocycles. The van der Waals surface area contributed by atoms with Crippen LogP contribution in [0.4, 0.5) is 10.3 Å². The predicted molar refractivity (Wildman–Crippen MR) is 163 cm³/mol. The average molecular weight is 568 g/mol. The Bertz CT molecular complexity index is 1500. The SMILES string of the molecule is CC(C)c1ccc(-c2csc(NC(=O)c3ccc(C(=O)Nc4nc(-c5ccc(C(C)C)cc5)cs4)nc3)n2)cc1. The standard InChI is InChI=1S/C31H29N5O2S2/c1-18(2)20-5-9-22(10-6-20)26-16-39-30(33-26)35-28(37)24-13-14-25(32-15-24)29(38)36-31-34-27(17-40-31)23-11-7-21(8-12-23)19(3)4/h5-19H,1-4H3,(H,33,35,37)(H,34,36,38). The van der Waals surface area contributed by atoms with E-state index in [0.29, 0.717) is 27.7 Å². The second-order valence-corrected chi connectivity index (χ2v) is 11.7. The summed E-state index contributed by atoms with van der Waals surface area (Å²) in [6.07, 6.45) is 1.38. The van der Waals surface area contributed by atoms with E-state index >= 15 is 0 Å². The zero-order valence-electron chi connectivity index (χ0n) is 22.6. The summed E-state index contributed by atoms with van der Waals surface area (Å²) < 4.78 is 0. The molecule has 2 aromatic carbocycles. The smallest absolute Gasteiger partial charge is 0.276 e. The van der Waals surface area contributed by atoms with Gasteiger partial charge in [0, 0.05) is 28.1 Å². The Kier molecular flexibility index (Phi) is 8.14. The summed E-state index contributed by atoms with van der Waals surface area (Å²) in [7, 11) is 0. The molecule has 9 heteroatoms. The van der Waals surface area contributed by atoms with Gasteiger partial charge in [-0.15, -0.1) is 22.7 Å². The Morgan fingerprint density at radius 1 is 0.650 bits per heavy atom. The number of nitrogens with one attached hydrogen (secondary N) is 2. The number of hydrogen-bond acceptors (Lipinski definition) is 7. The van der Waals surface area contributed by atoms with E-state index < -0.39 is 5.91 Å². The molecule has 40 heavy (non-hydrogen) atoms. The molecule has 0 aliphatic heterocycles. The molecule has 202 valence electrons. The largest absolute Gasteiger partial charge is 0.298 e. The minimum Gasteiger partial charge on any atom is -0.298 e. The molecule has 0 saturated heterocycles. The van der Waals surface area contributed by atoms with Crippen LogP contribution in [0.3, 0.4) is 0 Å². The summed E-state index contributed by atoms with van der Waals surface area (Å²) in [6, 6.07) is 19.6. The van der Waals surface area contributed by atoms with Gasteiger partial charge in [-0.1, -0.05) is 76.2 Å². The van der Waals surface area contributed by atoms with E-state index in [9.17, 15) is 9.59 Å². The highest BCUT2D eigenvalue weighted by Gasteiger charge is 2.15. The van der Waals surface area contributed by atoms with Crippen LogP contribution in [0.5, 0.6) is 0 Å². The normalized spacial score (nSPS) is 11.2. The second kappa shape index (κ2) is 11.9. The number of anilines is 2. The first-order valence-electron chi connectivity index (χ1n) is 13.0. The van der Waals surface area contributed by atoms with Crippen molar-refractivity contribution in [3.63, 3.8) is 0 Å². The summed E-state index contributed by atoms with van der Waals surface area (Å²) in [5.41, 5.74) is 6.64. The van der Waals surface area contributed by atoms with E-state index in [1.807, 2.05) is 35.0 Å². The molecule has 5 aromatic rings. The van der Waals surface area contributed by atoms with E-state index in [1.54, 1.807) is 6.07 Å². The van der Waals surface area contributed by atoms with Gasteiger partial charge in [0.15, 0.2) is 10.3 Å². The van der Waals surface area contributed by atoms with Gasteiger partial charge in [-0.05, 0) is 35.1 Å². The number of benzene rings is 2. The molecule has 0 aliphatic rings. The topological polar surface area (TPSA) is 96.9 Å². The van der Waals surface area contributed by atoms with Crippen LogP contribution in [-0.2, 0) is 0 Å². The van der Waals surface area contributed by atoms with Crippen molar-refractivity contribution in [3.05, 3.63) is 100 Å². The van der Waals surface area contributed by atoms with Crippen LogP contribution >= 0.6 is 22.7 Å². The third-order valence-electron chi connectivity index (χ3n) is 6.45. The summed E-state index contributed by atoms with van der Waals surface area (Å²) in [4.78, 5) is 38.8. The Labute approximate surface area is 241 Å². The minimum absolute atomic E-state index is 0.191. The zero-order valence-corrected chi connectivity index (χ0v) is 24.3. The van der Waals surface area contributed by atoms with Crippen LogP contribution < -0.4 is 10.6 Å². The molecule has 0 radical (unpaired) electrons. The summed E-state index contributed by atoms with van der Waals surface area (Å²) in [5, 5.41) is 10.4. The van der Waals surface area contributed by atoms with Crippen LogP contribution in [0.25, 0.3) is 22.5 Å². The number of aromatic nitrogens is 3. The third kappa shape index (κ3) is 6.32. The van der Waals surface area contributed by atoms with Gasteiger partial charge in [-0.2, -0.15) is 0 Å². The van der Waals surface area contributed by atoms with Crippen molar-refractivity contribution in [3.8, 4) is 22.5 Å². The van der Waals surface area contributed by atoms with E-state index in [-0.39, 0.29) is 11.6 Å². The maximum Gasteiger partial charge on any atom is 0.276 e. The first-order chi connectivity index (χ1) is 19.3. The van der Waals surface area contributed by atoms with Gasteiger partial charge < -0.3 is 0 Å². The molecule has 0 bridgehead atoms. The quantitative estimate of drug-likeness (QED) is 0.198. The molecule has 0 atom stereocenters. The first kappa shape index (κ1) is 27.4. The van der Waals surface area contributed by atoms with Crippen molar-refractivity contribution in [2.45, 2.75) is 39.5 Å². The minimum atomic E-state index is -0.393. The Morgan fingerprint density at radius 3 is 1.55 bits per heavy atom. The number of pyridine rings is 1. The highest BCUT2D eigenvalue weighted by atomic mass is 32.1. The maximum absolute atomic E-state index is 12.8. The number of rotatable bonds is 8. The molecule has 0 unspecified atom stereocenters. The molecule has 0 fully saturated rings. The fourth-order valence-electron chi connectivity index (χ4n) is 4.00. The summed E-state index contributed by atoms with van der Waals surface area (Å²) >= 11 is 2.70. The zero-order chi connectivity index (χ0) is 28.2. The highest BCUT2D eigenvalue weighted by Crippen LogP contribution is 2.28. The molecular weight excluding hydrogens is 539 g/mol. The van der Waals surface area contributed by atoms with Gasteiger partial charge in [-0.3, -0.25) is 25.2 Å². The van der Waals surface area contributed by atoms with Crippen LogP contribution in [0.15, 0.2) is 77.6 Å². The fourth-order valence-corrected chi connectivity index (χ4v) is 5.43. The Hall–Kier alpha value is -4.21. The number of carbonyl (C=O) groups excluding carboxylic acids is 2. The second-order valence-electron chi connectivity index (χ2n) is 9.97. The first-order valence-corrected chi connectivity index (χ1v) is 14.7. The van der Waals surface area contributed by atoms with E-state index in [1.165, 1.54) is 46.1 Å². The molecule has 0 aliphatic carbocycles. The number of amides is 2. The van der Waals surface area contributed by atoms with Crippen molar-refractivity contribution in [1.82, 2.24) is 15.0 Å². The lowest BCUT2D eigenvalue weighted by molar-refractivity contribution is 0.101. The van der Waals surface area contributed by atoms with Crippen LogP contribution in [-0.4, -0.2) is 26.8 Å². The average Bonchev–Trinajstić information content (AvgIpc) is 3.63. The molecule has 5 rings (SSSR count). The van der Waals surface area contributed by atoms with Gasteiger partial charge >= 0.3 is 0 Å². The number of nitrogens with zero attached hydrogens (tertiary/aromatic N) is 3. The van der Waals surface area contributed by atoms with E-state index in [0.717, 1.165) is 22.5 Å². The van der Waals surface area contributed by atoms with E-state index in [4.69, 9.17) is 0 Å². The van der Waals surface area contributed by atoms with Crippen LogP contribution in [0.2, 0.25) is 0 Å². The van der Waals surface area contributed by atoms with Crippen molar-refractivity contribution in [1.29, 1.82) is 0 Å². The Balaban J connectivity index is 1.18. The van der Waals surface area contributed by atoms with Gasteiger partial charge in [0.2, 0.25) is 0 Å². The van der Waals surface area contributed by atoms with E-state index in [2.05, 4.69) is 77.5 Å². The molecule has 0 spiro atoms. The van der Waals surface area contributed by atoms with Crippen molar-refractivity contribution >= 4 is 44.8 Å². The molecule has 2 amide bonds. The fraction of sp³-hybridized carbons (Fsp3) is 0.194. The molecule has 3 heterocycles. The molecule has 7 nitrogen and oxygen atoms in total. The number of thiazole rings is 2. The van der Waals surface area contributed by atoms with Crippen molar-refractivity contribution in [2.24, 2.45) is 0 Å².